The van der Waals surface area contributed by atoms with Crippen molar-refractivity contribution in [2.45, 2.75) is 39.7 Å². The van der Waals surface area contributed by atoms with Gasteiger partial charge in [0.05, 0.1) is 6.42 Å². The Hall–Kier alpha value is -2.21. The number of carbonyl (C=O) groups excluding carboxylic acids is 2. The lowest BCUT2D eigenvalue weighted by Gasteiger charge is -2.28. The first-order chi connectivity index (χ1) is 11.5. The molecule has 0 aliphatic carbocycles. The maximum atomic E-state index is 12.6. The van der Waals surface area contributed by atoms with E-state index in [9.17, 15) is 9.59 Å². The van der Waals surface area contributed by atoms with Crippen LogP contribution in [-0.4, -0.2) is 34.3 Å². The summed E-state index contributed by atoms with van der Waals surface area (Å²) in [5.41, 5.74) is 0.951. The highest BCUT2D eigenvalue weighted by molar-refractivity contribution is 7.15. The van der Waals surface area contributed by atoms with Gasteiger partial charge in [-0.05, 0) is 25.8 Å². The summed E-state index contributed by atoms with van der Waals surface area (Å²) in [6.45, 7) is 5.95. The molecule has 0 fully saturated rings. The van der Waals surface area contributed by atoms with Crippen LogP contribution in [-0.2, 0) is 16.0 Å². The quantitative estimate of drug-likeness (QED) is 0.838. The zero-order valence-electron chi connectivity index (χ0n) is 14.3. The molecule has 1 aromatic heterocycles. The van der Waals surface area contributed by atoms with Gasteiger partial charge >= 0.3 is 0 Å². The van der Waals surface area contributed by atoms with E-state index in [2.05, 4.69) is 10.3 Å². The van der Waals surface area contributed by atoms with Crippen molar-refractivity contribution in [2.24, 2.45) is 0 Å². The second-order valence-corrected chi connectivity index (χ2v) is 7.00. The highest BCUT2D eigenvalue weighted by atomic mass is 32.1. The van der Waals surface area contributed by atoms with Gasteiger partial charge in [-0.1, -0.05) is 37.3 Å². The summed E-state index contributed by atoms with van der Waals surface area (Å²) in [4.78, 5) is 31.7. The first kappa shape index (κ1) is 18.1. The number of hydrogen-bond acceptors (Lipinski definition) is 4. The molecule has 2 rings (SSSR count). The fourth-order valence-electron chi connectivity index (χ4n) is 2.31. The average molecular weight is 345 g/mol. The van der Waals surface area contributed by atoms with Crippen LogP contribution in [0.5, 0.6) is 0 Å². The molecule has 2 aromatic rings. The summed E-state index contributed by atoms with van der Waals surface area (Å²) in [5.74, 6) is -0.257. The van der Waals surface area contributed by atoms with E-state index in [4.69, 9.17) is 0 Å². The predicted molar refractivity (Wildman–Crippen MR) is 97.1 cm³/mol. The van der Waals surface area contributed by atoms with Crippen LogP contribution in [0.15, 0.2) is 36.5 Å². The lowest BCUT2D eigenvalue weighted by molar-refractivity contribution is -0.136. The van der Waals surface area contributed by atoms with Crippen LogP contribution >= 0.6 is 11.3 Å². The number of nitrogens with zero attached hydrogens (tertiary/aromatic N) is 2. The second-order valence-electron chi connectivity index (χ2n) is 5.77. The van der Waals surface area contributed by atoms with Crippen LogP contribution in [0.25, 0.3) is 0 Å². The Kier molecular flexibility index (Phi) is 6.49. The first-order valence-corrected chi connectivity index (χ1v) is 8.87. The molecule has 1 aromatic carbocycles. The molecule has 1 N–H and O–H groups in total. The van der Waals surface area contributed by atoms with E-state index in [1.54, 1.807) is 11.1 Å². The number of aryl methyl sites for hydroxylation is 1. The van der Waals surface area contributed by atoms with E-state index in [-0.39, 0.29) is 24.4 Å². The monoisotopic (exact) mass is 345 g/mol. The van der Waals surface area contributed by atoms with Crippen molar-refractivity contribution in [1.82, 2.24) is 9.88 Å². The Bertz CT molecular complexity index is 685. The van der Waals surface area contributed by atoms with Crippen LogP contribution < -0.4 is 5.32 Å². The zero-order chi connectivity index (χ0) is 17.5. The maximum Gasteiger partial charge on any atom is 0.245 e. The van der Waals surface area contributed by atoms with E-state index in [0.717, 1.165) is 16.9 Å². The lowest BCUT2D eigenvalue weighted by Crippen LogP contribution is -2.44. The van der Waals surface area contributed by atoms with Crippen LogP contribution in [0, 0.1) is 6.92 Å². The number of rotatable bonds is 7. The van der Waals surface area contributed by atoms with Crippen molar-refractivity contribution in [3.05, 3.63) is 47.0 Å². The van der Waals surface area contributed by atoms with Gasteiger partial charge in [0.15, 0.2) is 5.13 Å². The normalized spacial score (nSPS) is 11.8. The lowest BCUT2D eigenvalue weighted by atomic mass is 10.1. The van der Waals surface area contributed by atoms with Gasteiger partial charge in [-0.25, -0.2) is 4.98 Å². The number of carbonyl (C=O) groups is 2. The Labute approximate surface area is 146 Å². The molecule has 1 heterocycles. The topological polar surface area (TPSA) is 62.3 Å². The largest absolute Gasteiger partial charge is 0.330 e. The maximum absolute atomic E-state index is 12.6. The molecule has 2 amide bonds. The Morgan fingerprint density at radius 1 is 1.29 bits per heavy atom. The van der Waals surface area contributed by atoms with E-state index in [1.807, 2.05) is 51.1 Å². The van der Waals surface area contributed by atoms with Crippen molar-refractivity contribution < 1.29 is 9.59 Å². The van der Waals surface area contributed by atoms with E-state index in [1.165, 1.54) is 11.3 Å². The summed E-state index contributed by atoms with van der Waals surface area (Å²) in [6.07, 6.45) is 2.81. The molecule has 0 radical (unpaired) electrons. The minimum absolute atomic E-state index is 0.00462. The summed E-state index contributed by atoms with van der Waals surface area (Å²) in [5, 5.41) is 3.33. The number of nitrogens with one attached hydrogen (secondary N) is 1. The third-order valence-electron chi connectivity index (χ3n) is 3.82. The van der Waals surface area contributed by atoms with E-state index in [0.29, 0.717) is 11.6 Å². The molecule has 1 unspecified atom stereocenters. The summed E-state index contributed by atoms with van der Waals surface area (Å²) < 4.78 is 0. The highest BCUT2D eigenvalue weighted by Gasteiger charge is 2.22. The van der Waals surface area contributed by atoms with Crippen LogP contribution in [0.2, 0.25) is 0 Å². The summed E-state index contributed by atoms with van der Waals surface area (Å²) >= 11 is 1.42. The molecule has 128 valence electrons. The molecule has 0 bridgehead atoms. The minimum Gasteiger partial charge on any atom is -0.330 e. The molecule has 0 spiro atoms. The molecule has 0 saturated heterocycles. The smallest absolute Gasteiger partial charge is 0.245 e. The highest BCUT2D eigenvalue weighted by Crippen LogP contribution is 2.17. The Morgan fingerprint density at radius 3 is 2.58 bits per heavy atom. The Morgan fingerprint density at radius 2 is 2.00 bits per heavy atom. The number of hydrogen-bond donors (Lipinski definition) is 1. The van der Waals surface area contributed by atoms with Gasteiger partial charge in [-0.2, -0.15) is 0 Å². The van der Waals surface area contributed by atoms with Crippen molar-refractivity contribution in [3.8, 4) is 0 Å². The standard InChI is InChI=1S/C18H23N3O2S/c1-4-13(2)21(17(23)10-15-8-6-5-7-9-15)12-16(22)20-18-19-11-14(3)24-18/h5-9,11,13H,4,10,12H2,1-3H3,(H,19,20,22). The van der Waals surface area contributed by atoms with E-state index >= 15 is 0 Å². The number of thiazole rings is 1. The fourth-order valence-corrected chi connectivity index (χ4v) is 2.99. The van der Waals surface area contributed by atoms with Crippen LogP contribution in [0.1, 0.15) is 30.7 Å². The molecule has 24 heavy (non-hydrogen) atoms. The third-order valence-corrected chi connectivity index (χ3v) is 4.65. The first-order valence-electron chi connectivity index (χ1n) is 8.05. The molecular formula is C18H23N3O2S. The molecule has 5 nitrogen and oxygen atoms in total. The van der Waals surface area contributed by atoms with Crippen molar-refractivity contribution in [2.75, 3.05) is 11.9 Å². The number of benzene rings is 1. The van der Waals surface area contributed by atoms with E-state index < -0.39 is 0 Å². The number of amides is 2. The van der Waals surface area contributed by atoms with Crippen LogP contribution in [0.3, 0.4) is 0 Å². The second kappa shape index (κ2) is 8.59. The number of anilines is 1. The van der Waals surface area contributed by atoms with Gasteiger partial charge in [0.1, 0.15) is 6.54 Å². The molecule has 0 saturated carbocycles. The third kappa shape index (κ3) is 5.16. The average Bonchev–Trinajstić information content (AvgIpc) is 2.97. The van der Waals surface area contributed by atoms with Crippen molar-refractivity contribution in [3.63, 3.8) is 0 Å². The Balaban J connectivity index is 2.01. The fraction of sp³-hybridized carbons (Fsp3) is 0.389. The molecule has 0 aliphatic heterocycles. The van der Waals surface area contributed by atoms with Crippen LogP contribution in [0.4, 0.5) is 5.13 Å². The zero-order valence-corrected chi connectivity index (χ0v) is 15.1. The number of aromatic nitrogens is 1. The van der Waals surface area contributed by atoms with Gasteiger partial charge in [-0.15, -0.1) is 11.3 Å². The molecule has 1 atom stereocenters. The van der Waals surface area contributed by atoms with Gasteiger partial charge in [0, 0.05) is 17.1 Å². The van der Waals surface area contributed by atoms with Gasteiger partial charge in [0.2, 0.25) is 11.8 Å². The van der Waals surface area contributed by atoms with Gasteiger partial charge < -0.3 is 10.2 Å². The molecule has 6 heteroatoms. The summed E-state index contributed by atoms with van der Waals surface area (Å²) in [7, 11) is 0. The summed E-state index contributed by atoms with van der Waals surface area (Å²) in [6, 6.07) is 9.59. The molecule has 0 aliphatic rings. The van der Waals surface area contributed by atoms with Gasteiger partial charge in [-0.3, -0.25) is 9.59 Å². The molecular weight excluding hydrogens is 322 g/mol. The predicted octanol–water partition coefficient (Wildman–Crippen LogP) is 3.26. The SMILES string of the molecule is CCC(C)N(CC(=O)Nc1ncc(C)s1)C(=O)Cc1ccccc1. The van der Waals surface area contributed by atoms with Gasteiger partial charge in [0.25, 0.3) is 0 Å². The van der Waals surface area contributed by atoms with Crippen molar-refractivity contribution in [1.29, 1.82) is 0 Å². The van der Waals surface area contributed by atoms with Crippen molar-refractivity contribution >= 4 is 28.3 Å². The minimum atomic E-state index is -0.217.